The molecule has 1 amide bonds. The Morgan fingerprint density at radius 1 is 1.31 bits per heavy atom. The van der Waals surface area contributed by atoms with Crippen molar-refractivity contribution in [2.24, 2.45) is 0 Å². The van der Waals surface area contributed by atoms with Gasteiger partial charge in [0.1, 0.15) is 6.04 Å². The van der Waals surface area contributed by atoms with Crippen LogP contribution in [0.15, 0.2) is 0 Å². The van der Waals surface area contributed by atoms with Crippen LogP contribution in [0.25, 0.3) is 0 Å². The molecule has 0 saturated carbocycles. The molecule has 4 heteroatoms. The predicted octanol–water partition coefficient (Wildman–Crippen LogP) is -0.460. The lowest BCUT2D eigenvalue weighted by Crippen LogP contribution is -2.57. The van der Waals surface area contributed by atoms with E-state index in [9.17, 15) is 9.59 Å². The molecule has 2 saturated heterocycles. The summed E-state index contributed by atoms with van der Waals surface area (Å²) in [4.78, 5) is 24.7. The zero-order valence-corrected chi connectivity index (χ0v) is 7.58. The van der Waals surface area contributed by atoms with E-state index in [4.69, 9.17) is 0 Å². The largest absolute Gasteiger partial charge is 0.344 e. The Balaban J connectivity index is 2.09. The standard InChI is InChI=1S/C9H14N2O2/c12-8-3-1-2-4-11-5-7(8)10-9(13)6-11/h7H,1-6H2,(H,10,13)/t7-/m0/s1. The summed E-state index contributed by atoms with van der Waals surface area (Å²) in [6.07, 6.45) is 2.62. The van der Waals surface area contributed by atoms with Gasteiger partial charge in [-0.25, -0.2) is 0 Å². The summed E-state index contributed by atoms with van der Waals surface area (Å²) in [6.45, 7) is 2.13. The molecule has 2 aliphatic heterocycles. The molecule has 0 radical (unpaired) electrons. The third-order valence-electron chi connectivity index (χ3n) is 2.68. The summed E-state index contributed by atoms with van der Waals surface area (Å²) in [5.74, 6) is 0.184. The Morgan fingerprint density at radius 2 is 2.15 bits per heavy atom. The summed E-state index contributed by atoms with van der Waals surface area (Å²) >= 11 is 0. The molecule has 1 N–H and O–H groups in total. The van der Waals surface area contributed by atoms with Crippen LogP contribution in [0.4, 0.5) is 0 Å². The molecule has 2 aliphatic rings. The first-order chi connectivity index (χ1) is 6.25. The number of rotatable bonds is 0. The van der Waals surface area contributed by atoms with Crippen LogP contribution >= 0.6 is 0 Å². The summed E-state index contributed by atoms with van der Waals surface area (Å²) in [5.41, 5.74) is 0. The van der Waals surface area contributed by atoms with Gasteiger partial charge in [0.2, 0.25) is 5.91 Å². The van der Waals surface area contributed by atoms with Gasteiger partial charge in [0.05, 0.1) is 6.54 Å². The number of ketones is 1. The molecule has 0 aromatic rings. The van der Waals surface area contributed by atoms with E-state index in [-0.39, 0.29) is 17.7 Å². The SMILES string of the molecule is O=C1CN2CCCCC(=O)[C@H](C2)N1. The molecule has 2 atom stereocenters. The monoisotopic (exact) mass is 182 g/mol. The normalized spacial score (nSPS) is 34.8. The van der Waals surface area contributed by atoms with E-state index < -0.39 is 0 Å². The highest BCUT2D eigenvalue weighted by molar-refractivity contribution is 5.91. The predicted molar refractivity (Wildman–Crippen MR) is 47.2 cm³/mol. The highest BCUT2D eigenvalue weighted by atomic mass is 16.2. The van der Waals surface area contributed by atoms with Crippen LogP contribution in [0.1, 0.15) is 19.3 Å². The fourth-order valence-electron chi connectivity index (χ4n) is 1.97. The lowest BCUT2D eigenvalue weighted by Gasteiger charge is -2.33. The molecule has 0 aromatic heterocycles. The maximum Gasteiger partial charge on any atom is 0.234 e. The Bertz CT molecular complexity index is 240. The quantitative estimate of drug-likeness (QED) is 0.551. The van der Waals surface area contributed by atoms with Crippen LogP contribution in [0.3, 0.4) is 0 Å². The number of fused-ring (bicyclic) bond motifs is 2. The van der Waals surface area contributed by atoms with Gasteiger partial charge < -0.3 is 5.32 Å². The van der Waals surface area contributed by atoms with Crippen molar-refractivity contribution in [3.8, 4) is 0 Å². The van der Waals surface area contributed by atoms with Gasteiger partial charge in [-0.15, -0.1) is 0 Å². The Morgan fingerprint density at radius 3 is 3.00 bits per heavy atom. The molecule has 13 heavy (non-hydrogen) atoms. The smallest absolute Gasteiger partial charge is 0.234 e. The molecule has 0 aromatic carbocycles. The van der Waals surface area contributed by atoms with Crippen LogP contribution < -0.4 is 5.32 Å². The lowest BCUT2D eigenvalue weighted by molar-refractivity contribution is -0.133. The molecule has 1 unspecified atom stereocenters. The molecule has 0 spiro atoms. The zero-order chi connectivity index (χ0) is 9.26. The third kappa shape index (κ3) is 1.88. The number of nitrogens with zero attached hydrogens (tertiary/aromatic N) is 1. The second-order valence-corrected chi connectivity index (χ2v) is 3.78. The second-order valence-electron chi connectivity index (χ2n) is 3.78. The Kier molecular flexibility index (Phi) is 2.31. The van der Waals surface area contributed by atoms with Gasteiger partial charge in [-0.1, -0.05) is 0 Å². The number of carbonyl (C=O) groups excluding carboxylic acids is 2. The Hall–Kier alpha value is -0.900. The van der Waals surface area contributed by atoms with Crippen molar-refractivity contribution in [2.45, 2.75) is 25.3 Å². The molecule has 2 heterocycles. The number of piperazine rings is 1. The zero-order valence-electron chi connectivity index (χ0n) is 7.58. The summed E-state index contributed by atoms with van der Waals surface area (Å²) in [5, 5.41) is 2.74. The Labute approximate surface area is 77.3 Å². The highest BCUT2D eigenvalue weighted by Gasteiger charge is 2.30. The number of Topliss-reactive ketones (excluding diaryl/α,β-unsaturated/α-hetero) is 1. The van der Waals surface area contributed by atoms with Gasteiger partial charge in [-0.2, -0.15) is 0 Å². The van der Waals surface area contributed by atoms with Crippen LogP contribution in [0.2, 0.25) is 0 Å². The van der Waals surface area contributed by atoms with Crippen LogP contribution in [0, 0.1) is 0 Å². The topological polar surface area (TPSA) is 49.4 Å². The molecular formula is C9H14N2O2. The van der Waals surface area contributed by atoms with Gasteiger partial charge in [0, 0.05) is 13.0 Å². The summed E-state index contributed by atoms with van der Waals surface area (Å²) in [6, 6.07) is -0.235. The van der Waals surface area contributed by atoms with E-state index in [0.717, 1.165) is 19.4 Å². The van der Waals surface area contributed by atoms with Crippen molar-refractivity contribution in [1.82, 2.24) is 10.2 Å². The van der Waals surface area contributed by atoms with Crippen LogP contribution in [-0.2, 0) is 9.59 Å². The number of hydrogen-bond acceptors (Lipinski definition) is 3. The number of hydrogen-bond donors (Lipinski definition) is 1. The maximum atomic E-state index is 11.5. The highest BCUT2D eigenvalue weighted by Crippen LogP contribution is 2.11. The molecule has 4 nitrogen and oxygen atoms in total. The number of carbonyl (C=O) groups is 2. The van der Waals surface area contributed by atoms with E-state index in [1.54, 1.807) is 0 Å². The minimum atomic E-state index is -0.235. The average molecular weight is 182 g/mol. The average Bonchev–Trinajstić information content (AvgIpc) is 2.09. The summed E-state index contributed by atoms with van der Waals surface area (Å²) in [7, 11) is 0. The van der Waals surface area contributed by atoms with Gasteiger partial charge in [0.25, 0.3) is 0 Å². The van der Waals surface area contributed by atoms with E-state index in [2.05, 4.69) is 10.2 Å². The van der Waals surface area contributed by atoms with E-state index in [1.807, 2.05) is 0 Å². The first kappa shape index (κ1) is 8.69. The van der Waals surface area contributed by atoms with Crippen molar-refractivity contribution < 1.29 is 9.59 Å². The minimum absolute atomic E-state index is 0.00787. The number of amides is 1. The molecule has 2 bridgehead atoms. The lowest BCUT2D eigenvalue weighted by atomic mass is 10.0. The second kappa shape index (κ2) is 3.46. The van der Waals surface area contributed by atoms with Crippen LogP contribution in [-0.4, -0.2) is 42.3 Å². The van der Waals surface area contributed by atoms with Crippen molar-refractivity contribution in [2.75, 3.05) is 19.6 Å². The number of nitrogens with one attached hydrogen (secondary N) is 1. The van der Waals surface area contributed by atoms with Crippen molar-refractivity contribution in [3.05, 3.63) is 0 Å². The van der Waals surface area contributed by atoms with Crippen LogP contribution in [0.5, 0.6) is 0 Å². The fourth-order valence-corrected chi connectivity index (χ4v) is 1.97. The van der Waals surface area contributed by atoms with Gasteiger partial charge >= 0.3 is 0 Å². The van der Waals surface area contributed by atoms with Crippen molar-refractivity contribution in [3.63, 3.8) is 0 Å². The minimum Gasteiger partial charge on any atom is -0.344 e. The van der Waals surface area contributed by atoms with Crippen molar-refractivity contribution >= 4 is 11.7 Å². The van der Waals surface area contributed by atoms with Crippen molar-refractivity contribution in [1.29, 1.82) is 0 Å². The van der Waals surface area contributed by atoms with E-state index in [0.29, 0.717) is 19.5 Å². The molecule has 0 aliphatic carbocycles. The molecule has 72 valence electrons. The molecule has 2 fully saturated rings. The maximum absolute atomic E-state index is 11.5. The van der Waals surface area contributed by atoms with E-state index in [1.165, 1.54) is 0 Å². The first-order valence-corrected chi connectivity index (χ1v) is 4.80. The van der Waals surface area contributed by atoms with E-state index >= 15 is 0 Å². The fraction of sp³-hybridized carbons (Fsp3) is 0.778. The van der Waals surface area contributed by atoms with Gasteiger partial charge in [-0.05, 0) is 19.4 Å². The van der Waals surface area contributed by atoms with Gasteiger partial charge in [0.15, 0.2) is 5.78 Å². The third-order valence-corrected chi connectivity index (χ3v) is 2.68. The molecular weight excluding hydrogens is 168 g/mol. The van der Waals surface area contributed by atoms with Gasteiger partial charge in [-0.3, -0.25) is 14.5 Å². The summed E-state index contributed by atoms with van der Waals surface area (Å²) < 4.78 is 0. The molecule has 2 rings (SSSR count). The first-order valence-electron chi connectivity index (χ1n) is 4.80.